The minimum absolute atomic E-state index is 0.307. The summed E-state index contributed by atoms with van der Waals surface area (Å²) in [7, 11) is 1.54. The van der Waals surface area contributed by atoms with Gasteiger partial charge in [0.2, 0.25) is 5.91 Å². The van der Waals surface area contributed by atoms with Crippen LogP contribution in [0.5, 0.6) is 5.75 Å². The lowest BCUT2D eigenvalue weighted by Crippen LogP contribution is -2.08. The molecule has 0 fully saturated rings. The molecule has 0 spiro atoms. The first-order valence-electron chi connectivity index (χ1n) is 6.06. The summed E-state index contributed by atoms with van der Waals surface area (Å²) in [5.74, 6) is -0.0592. The number of carbonyl (C=O) groups is 1. The van der Waals surface area contributed by atoms with Crippen LogP contribution in [0.4, 0.5) is 10.1 Å². The van der Waals surface area contributed by atoms with Crippen molar-refractivity contribution < 1.29 is 13.9 Å². The third kappa shape index (κ3) is 3.68. The van der Waals surface area contributed by atoms with Crippen molar-refractivity contribution in [3.8, 4) is 5.75 Å². The number of amides is 1. The molecule has 1 amide bonds. The average Bonchev–Trinajstić information content (AvgIpc) is 2.46. The zero-order valence-corrected chi connectivity index (χ0v) is 11.0. The predicted molar refractivity (Wildman–Crippen MR) is 77.1 cm³/mol. The fourth-order valence-corrected chi connectivity index (χ4v) is 1.70. The normalized spacial score (nSPS) is 10.5. The van der Waals surface area contributed by atoms with Crippen molar-refractivity contribution in [1.82, 2.24) is 0 Å². The van der Waals surface area contributed by atoms with Crippen molar-refractivity contribution >= 4 is 17.7 Å². The molecule has 0 unspecified atom stereocenters. The van der Waals surface area contributed by atoms with Crippen molar-refractivity contribution in [2.24, 2.45) is 0 Å². The van der Waals surface area contributed by atoms with Crippen LogP contribution in [0.25, 0.3) is 6.08 Å². The SMILES string of the molecule is COc1ccccc1NC(=O)/C=C/c1cccc(F)c1. The molecule has 20 heavy (non-hydrogen) atoms. The lowest BCUT2D eigenvalue weighted by Gasteiger charge is -2.07. The number of hydrogen-bond acceptors (Lipinski definition) is 2. The maximum atomic E-state index is 13.0. The van der Waals surface area contributed by atoms with E-state index in [1.54, 1.807) is 36.4 Å². The minimum atomic E-state index is -0.336. The molecule has 0 radical (unpaired) electrons. The van der Waals surface area contributed by atoms with Gasteiger partial charge in [-0.05, 0) is 35.9 Å². The van der Waals surface area contributed by atoms with Crippen LogP contribution in [0.1, 0.15) is 5.56 Å². The second-order valence-electron chi connectivity index (χ2n) is 4.08. The number of halogens is 1. The van der Waals surface area contributed by atoms with Crippen LogP contribution in [0.2, 0.25) is 0 Å². The van der Waals surface area contributed by atoms with E-state index in [1.165, 1.54) is 25.3 Å². The van der Waals surface area contributed by atoms with Gasteiger partial charge in [-0.2, -0.15) is 0 Å². The third-order valence-corrected chi connectivity index (χ3v) is 2.64. The fourth-order valence-electron chi connectivity index (χ4n) is 1.70. The predicted octanol–water partition coefficient (Wildman–Crippen LogP) is 3.49. The van der Waals surface area contributed by atoms with E-state index in [-0.39, 0.29) is 11.7 Å². The van der Waals surface area contributed by atoms with Crippen LogP contribution in [0.3, 0.4) is 0 Å². The molecule has 0 aliphatic heterocycles. The Morgan fingerprint density at radius 1 is 1.20 bits per heavy atom. The molecule has 4 heteroatoms. The Labute approximate surface area is 116 Å². The molecule has 2 aromatic carbocycles. The Kier molecular flexibility index (Phi) is 4.50. The average molecular weight is 271 g/mol. The van der Waals surface area contributed by atoms with Gasteiger partial charge in [-0.25, -0.2) is 4.39 Å². The summed E-state index contributed by atoms with van der Waals surface area (Å²) in [5.41, 5.74) is 1.21. The van der Waals surface area contributed by atoms with Crippen molar-refractivity contribution in [3.63, 3.8) is 0 Å². The van der Waals surface area contributed by atoms with E-state index in [4.69, 9.17) is 4.74 Å². The summed E-state index contributed by atoms with van der Waals surface area (Å²) in [5, 5.41) is 2.70. The van der Waals surface area contributed by atoms with Crippen molar-refractivity contribution in [3.05, 3.63) is 66.0 Å². The first kappa shape index (κ1) is 13.8. The number of hydrogen-bond donors (Lipinski definition) is 1. The molecular formula is C16H14FNO2. The lowest BCUT2D eigenvalue weighted by atomic mass is 10.2. The number of nitrogens with one attached hydrogen (secondary N) is 1. The first-order valence-corrected chi connectivity index (χ1v) is 6.06. The number of anilines is 1. The van der Waals surface area contributed by atoms with Gasteiger partial charge in [-0.3, -0.25) is 4.79 Å². The molecule has 0 saturated carbocycles. The second-order valence-corrected chi connectivity index (χ2v) is 4.08. The number of ether oxygens (including phenoxy) is 1. The summed E-state index contributed by atoms with van der Waals surface area (Å²) in [6.45, 7) is 0. The van der Waals surface area contributed by atoms with E-state index in [0.29, 0.717) is 17.0 Å². The van der Waals surface area contributed by atoms with Gasteiger partial charge in [0.1, 0.15) is 11.6 Å². The highest BCUT2D eigenvalue weighted by atomic mass is 19.1. The summed E-state index contributed by atoms with van der Waals surface area (Å²) in [4.78, 5) is 11.8. The molecule has 0 aliphatic carbocycles. The zero-order chi connectivity index (χ0) is 14.4. The van der Waals surface area contributed by atoms with Crippen LogP contribution in [-0.4, -0.2) is 13.0 Å². The van der Waals surface area contributed by atoms with E-state index in [0.717, 1.165) is 0 Å². The van der Waals surface area contributed by atoms with Gasteiger partial charge in [0.25, 0.3) is 0 Å². The molecule has 102 valence electrons. The van der Waals surface area contributed by atoms with E-state index in [1.807, 2.05) is 6.07 Å². The maximum Gasteiger partial charge on any atom is 0.248 e. The molecular weight excluding hydrogens is 257 g/mol. The summed E-state index contributed by atoms with van der Waals surface area (Å²) >= 11 is 0. The van der Waals surface area contributed by atoms with Crippen LogP contribution in [0.15, 0.2) is 54.6 Å². The summed E-state index contributed by atoms with van der Waals surface area (Å²) in [6, 6.07) is 13.1. The van der Waals surface area contributed by atoms with Crippen LogP contribution < -0.4 is 10.1 Å². The van der Waals surface area contributed by atoms with Gasteiger partial charge in [-0.1, -0.05) is 24.3 Å². The smallest absolute Gasteiger partial charge is 0.248 e. The molecule has 1 N–H and O–H groups in total. The number of methoxy groups -OCH3 is 1. The standard InChI is InChI=1S/C16H14FNO2/c1-20-15-8-3-2-7-14(15)18-16(19)10-9-12-5-4-6-13(17)11-12/h2-11H,1H3,(H,18,19)/b10-9+. The first-order chi connectivity index (χ1) is 9.69. The monoisotopic (exact) mass is 271 g/mol. The van der Waals surface area contributed by atoms with E-state index in [2.05, 4.69) is 5.32 Å². The molecule has 0 aliphatic rings. The zero-order valence-electron chi connectivity index (χ0n) is 11.0. The molecule has 2 aromatic rings. The van der Waals surface area contributed by atoms with E-state index >= 15 is 0 Å². The Morgan fingerprint density at radius 2 is 2.00 bits per heavy atom. The summed E-state index contributed by atoms with van der Waals surface area (Å²) in [6.07, 6.45) is 2.90. The van der Waals surface area contributed by atoms with Gasteiger partial charge in [0.15, 0.2) is 0 Å². The summed E-state index contributed by atoms with van der Waals surface area (Å²) < 4.78 is 18.1. The topological polar surface area (TPSA) is 38.3 Å². The van der Waals surface area contributed by atoms with Crippen molar-refractivity contribution in [2.75, 3.05) is 12.4 Å². The van der Waals surface area contributed by atoms with E-state index < -0.39 is 0 Å². The van der Waals surface area contributed by atoms with Gasteiger partial charge < -0.3 is 10.1 Å². The number of rotatable bonds is 4. The van der Waals surface area contributed by atoms with Crippen LogP contribution in [0, 0.1) is 5.82 Å². The fraction of sp³-hybridized carbons (Fsp3) is 0.0625. The molecule has 0 bridgehead atoms. The minimum Gasteiger partial charge on any atom is -0.495 e. The number of benzene rings is 2. The second kappa shape index (κ2) is 6.52. The van der Waals surface area contributed by atoms with Gasteiger partial charge in [0.05, 0.1) is 12.8 Å². The van der Waals surface area contributed by atoms with Crippen molar-refractivity contribution in [2.45, 2.75) is 0 Å². The Morgan fingerprint density at radius 3 is 2.75 bits per heavy atom. The van der Waals surface area contributed by atoms with E-state index in [9.17, 15) is 9.18 Å². The quantitative estimate of drug-likeness (QED) is 0.864. The number of para-hydroxylation sites is 2. The van der Waals surface area contributed by atoms with Crippen LogP contribution in [-0.2, 0) is 4.79 Å². The lowest BCUT2D eigenvalue weighted by molar-refractivity contribution is -0.111. The molecule has 0 heterocycles. The van der Waals surface area contributed by atoms with Gasteiger partial charge in [-0.15, -0.1) is 0 Å². The highest BCUT2D eigenvalue weighted by Crippen LogP contribution is 2.22. The van der Waals surface area contributed by atoms with Gasteiger partial charge >= 0.3 is 0 Å². The van der Waals surface area contributed by atoms with Crippen molar-refractivity contribution in [1.29, 1.82) is 0 Å². The molecule has 0 atom stereocenters. The molecule has 2 rings (SSSR count). The molecule has 3 nitrogen and oxygen atoms in total. The third-order valence-electron chi connectivity index (χ3n) is 2.64. The number of carbonyl (C=O) groups excluding carboxylic acids is 1. The Balaban J connectivity index is 2.06. The highest BCUT2D eigenvalue weighted by molar-refractivity contribution is 6.02. The largest absolute Gasteiger partial charge is 0.495 e. The maximum absolute atomic E-state index is 13.0. The Hall–Kier alpha value is -2.62. The van der Waals surface area contributed by atoms with Gasteiger partial charge in [0, 0.05) is 6.08 Å². The molecule has 0 aromatic heterocycles. The van der Waals surface area contributed by atoms with Crippen LogP contribution >= 0.6 is 0 Å². The molecule has 0 saturated heterocycles. The highest BCUT2D eigenvalue weighted by Gasteiger charge is 2.03. The Bertz CT molecular complexity index is 638.